The van der Waals surface area contributed by atoms with Crippen molar-refractivity contribution in [1.29, 1.82) is 0 Å². The highest BCUT2D eigenvalue weighted by Gasteiger charge is 2.25. The minimum absolute atomic E-state index is 0.475. The van der Waals surface area contributed by atoms with Crippen LogP contribution in [-0.2, 0) is 0 Å². The van der Waals surface area contributed by atoms with Crippen molar-refractivity contribution in [3.63, 3.8) is 0 Å². The average molecular weight is 400 g/mol. The maximum absolute atomic E-state index is 14.9. The van der Waals surface area contributed by atoms with Gasteiger partial charge >= 0.3 is 8.69 Å². The lowest BCUT2D eigenvalue weighted by Crippen LogP contribution is -2.07. The van der Waals surface area contributed by atoms with Gasteiger partial charge in [0.05, 0.1) is 0 Å². The monoisotopic (exact) mass is 400 g/mol. The van der Waals surface area contributed by atoms with Crippen molar-refractivity contribution in [2.75, 3.05) is 0 Å². The Balaban J connectivity index is 1.46. The summed E-state index contributed by atoms with van der Waals surface area (Å²) in [5.41, 5.74) is 2.27. The van der Waals surface area contributed by atoms with Gasteiger partial charge in [-0.25, -0.2) is 0 Å². The first-order valence-corrected chi connectivity index (χ1v) is 11.9. The van der Waals surface area contributed by atoms with Gasteiger partial charge in [0.1, 0.15) is 11.5 Å². The molecule has 4 rings (SSSR count). The van der Waals surface area contributed by atoms with Crippen LogP contribution in [0.4, 0.5) is 4.20 Å². The lowest BCUT2D eigenvalue weighted by Gasteiger charge is -2.25. The first-order valence-electron chi connectivity index (χ1n) is 10.8. The smallest absolute Gasteiger partial charge is 0.414 e. The van der Waals surface area contributed by atoms with Gasteiger partial charge in [0.15, 0.2) is 0 Å². The number of rotatable bonds is 6. The summed E-state index contributed by atoms with van der Waals surface area (Å²) in [5, 5.41) is 0. The van der Waals surface area contributed by atoms with E-state index in [1.54, 1.807) is 0 Å². The first-order chi connectivity index (χ1) is 13.8. The molecule has 0 saturated heterocycles. The van der Waals surface area contributed by atoms with E-state index in [0.717, 1.165) is 36.8 Å². The third-order valence-electron chi connectivity index (χ3n) is 6.27. The molecule has 2 saturated carbocycles. The van der Waals surface area contributed by atoms with Gasteiger partial charge in [-0.05, 0) is 60.8 Å². The maximum atomic E-state index is 14.9. The lowest BCUT2D eigenvalue weighted by atomic mass is 9.84. The third kappa shape index (κ3) is 4.87. The molecule has 0 radical (unpaired) electrons. The predicted octanol–water partition coefficient (Wildman–Crippen LogP) is 8.44. The molecule has 0 heterocycles. The summed E-state index contributed by atoms with van der Waals surface area (Å²) >= 11 is 0. The van der Waals surface area contributed by atoms with Gasteiger partial charge in [-0.15, -0.1) is 4.20 Å². The van der Waals surface area contributed by atoms with Crippen LogP contribution in [0.5, 0.6) is 11.5 Å². The molecule has 150 valence electrons. The van der Waals surface area contributed by atoms with Crippen molar-refractivity contribution in [3.05, 3.63) is 59.7 Å². The van der Waals surface area contributed by atoms with Crippen LogP contribution in [0.1, 0.15) is 87.2 Å². The molecule has 0 amide bonds. The second-order valence-corrected chi connectivity index (χ2v) is 8.93. The summed E-state index contributed by atoms with van der Waals surface area (Å²) in [6.07, 6.45) is 12.2. The molecule has 2 aromatic rings. The number of hydrogen-bond donors (Lipinski definition) is 0. The van der Waals surface area contributed by atoms with E-state index in [4.69, 9.17) is 9.05 Å². The molecule has 0 N–H and O–H groups in total. The van der Waals surface area contributed by atoms with E-state index in [1.807, 2.05) is 36.4 Å². The van der Waals surface area contributed by atoms with Crippen LogP contribution < -0.4 is 9.05 Å². The van der Waals surface area contributed by atoms with Crippen LogP contribution in [-0.4, -0.2) is 0 Å². The Labute approximate surface area is 169 Å². The third-order valence-corrected chi connectivity index (χ3v) is 6.95. The van der Waals surface area contributed by atoms with Crippen LogP contribution in [0.3, 0.4) is 0 Å². The van der Waals surface area contributed by atoms with Crippen molar-refractivity contribution < 1.29 is 13.2 Å². The molecule has 2 fully saturated rings. The Bertz CT molecular complexity index is 690. The zero-order chi connectivity index (χ0) is 19.2. The summed E-state index contributed by atoms with van der Waals surface area (Å²) in [7, 11) is -2.51. The van der Waals surface area contributed by atoms with Gasteiger partial charge in [0.2, 0.25) is 0 Å². The van der Waals surface area contributed by atoms with Crippen molar-refractivity contribution in [2.24, 2.45) is 0 Å². The van der Waals surface area contributed by atoms with Crippen molar-refractivity contribution >= 4 is 8.69 Å². The molecular weight excluding hydrogens is 370 g/mol. The molecule has 2 nitrogen and oxygen atoms in total. The molecule has 0 aliphatic heterocycles. The van der Waals surface area contributed by atoms with E-state index in [1.165, 1.54) is 38.5 Å². The molecule has 0 aromatic heterocycles. The van der Waals surface area contributed by atoms with Crippen LogP contribution in [0.2, 0.25) is 0 Å². The minimum atomic E-state index is -2.51. The SMILES string of the molecule is FP(Oc1ccccc1C1CCCCC1)Oc1ccccc1C1CCCCC1. The van der Waals surface area contributed by atoms with Gasteiger partial charge in [-0.3, -0.25) is 0 Å². The molecular formula is C24H30FO2P. The Morgan fingerprint density at radius 2 is 1.00 bits per heavy atom. The van der Waals surface area contributed by atoms with Gasteiger partial charge in [0.25, 0.3) is 0 Å². The van der Waals surface area contributed by atoms with Crippen LogP contribution in [0.25, 0.3) is 0 Å². The van der Waals surface area contributed by atoms with E-state index in [9.17, 15) is 4.20 Å². The average Bonchev–Trinajstić information content (AvgIpc) is 2.76. The number of benzene rings is 2. The molecule has 0 bridgehead atoms. The van der Waals surface area contributed by atoms with Gasteiger partial charge in [0, 0.05) is 0 Å². The highest BCUT2D eigenvalue weighted by atomic mass is 31.2. The largest absolute Gasteiger partial charge is 0.505 e. The molecule has 0 spiro atoms. The summed E-state index contributed by atoms with van der Waals surface area (Å²) in [4.78, 5) is 0. The summed E-state index contributed by atoms with van der Waals surface area (Å²) in [5.74, 6) is 2.25. The number of hydrogen-bond acceptors (Lipinski definition) is 2. The number of halogens is 1. The molecule has 2 aromatic carbocycles. The summed E-state index contributed by atoms with van der Waals surface area (Å²) in [6, 6.07) is 15.8. The molecule has 4 heteroatoms. The molecule has 0 unspecified atom stereocenters. The second kappa shape index (κ2) is 9.74. The first kappa shape index (κ1) is 19.7. The van der Waals surface area contributed by atoms with Gasteiger partial charge in [-0.2, -0.15) is 0 Å². The van der Waals surface area contributed by atoms with E-state index in [2.05, 4.69) is 12.1 Å². The minimum Gasteiger partial charge on any atom is -0.414 e. The molecule has 2 aliphatic carbocycles. The van der Waals surface area contributed by atoms with Crippen molar-refractivity contribution in [2.45, 2.75) is 76.0 Å². The fourth-order valence-electron chi connectivity index (χ4n) is 4.80. The van der Waals surface area contributed by atoms with E-state index >= 15 is 0 Å². The van der Waals surface area contributed by atoms with E-state index in [0.29, 0.717) is 23.3 Å². The van der Waals surface area contributed by atoms with Crippen molar-refractivity contribution in [3.8, 4) is 11.5 Å². The highest BCUT2D eigenvalue weighted by molar-refractivity contribution is 7.42. The molecule has 28 heavy (non-hydrogen) atoms. The fourth-order valence-corrected chi connectivity index (χ4v) is 5.48. The van der Waals surface area contributed by atoms with Crippen LogP contribution in [0.15, 0.2) is 48.5 Å². The fraction of sp³-hybridized carbons (Fsp3) is 0.500. The zero-order valence-corrected chi connectivity index (χ0v) is 17.4. The van der Waals surface area contributed by atoms with E-state index < -0.39 is 8.69 Å². The Morgan fingerprint density at radius 1 is 0.607 bits per heavy atom. The summed E-state index contributed by atoms with van der Waals surface area (Å²) < 4.78 is 26.3. The molecule has 0 atom stereocenters. The zero-order valence-electron chi connectivity index (χ0n) is 16.5. The topological polar surface area (TPSA) is 18.5 Å². The highest BCUT2D eigenvalue weighted by Crippen LogP contribution is 2.48. The van der Waals surface area contributed by atoms with Crippen LogP contribution in [0, 0.1) is 0 Å². The Hall–Kier alpha value is -1.60. The van der Waals surface area contributed by atoms with Gasteiger partial charge in [-0.1, -0.05) is 74.9 Å². The second-order valence-electron chi connectivity index (χ2n) is 8.14. The predicted molar refractivity (Wildman–Crippen MR) is 114 cm³/mol. The maximum Gasteiger partial charge on any atom is 0.505 e. The van der Waals surface area contributed by atoms with Crippen LogP contribution >= 0.6 is 8.69 Å². The summed E-state index contributed by atoms with van der Waals surface area (Å²) in [6.45, 7) is 0. The van der Waals surface area contributed by atoms with E-state index in [-0.39, 0.29) is 0 Å². The van der Waals surface area contributed by atoms with Gasteiger partial charge < -0.3 is 9.05 Å². The Morgan fingerprint density at radius 3 is 1.43 bits per heavy atom. The normalized spacial score (nSPS) is 18.9. The quantitative estimate of drug-likeness (QED) is 0.453. The standard InChI is InChI=1S/C24H30FO2P/c25-28(26-23-17-9-7-15-21(23)19-11-3-1-4-12-19)27-24-18-10-8-16-22(24)20-13-5-2-6-14-20/h7-10,15-20H,1-6,11-14H2. The number of para-hydroxylation sites is 2. The Kier molecular flexibility index (Phi) is 6.86. The lowest BCUT2D eigenvalue weighted by molar-refractivity contribution is 0.403. The van der Waals surface area contributed by atoms with Crippen molar-refractivity contribution in [1.82, 2.24) is 0 Å². The molecule has 2 aliphatic rings.